The van der Waals surface area contributed by atoms with E-state index in [-0.39, 0.29) is 0 Å². The van der Waals surface area contributed by atoms with E-state index in [0.29, 0.717) is 23.2 Å². The fourth-order valence-corrected chi connectivity index (χ4v) is 2.76. The van der Waals surface area contributed by atoms with Crippen molar-refractivity contribution >= 4 is 44.8 Å². The van der Waals surface area contributed by atoms with Gasteiger partial charge in [0.05, 0.1) is 16.7 Å². The molecule has 0 amide bonds. The minimum Gasteiger partial charge on any atom is -0.381 e. The molecule has 0 bridgehead atoms. The Morgan fingerprint density at radius 3 is 2.65 bits per heavy atom. The molecule has 5 heteroatoms. The average Bonchev–Trinajstić information content (AvgIpc) is 2.44. The second kappa shape index (κ2) is 7.32. The van der Waals surface area contributed by atoms with Gasteiger partial charge in [0.2, 0.25) is 0 Å². The normalized spacial score (nSPS) is 10.6. The van der Waals surface area contributed by atoms with Crippen LogP contribution in [-0.2, 0) is 17.9 Å². The van der Waals surface area contributed by atoms with E-state index in [0.717, 1.165) is 21.3 Å². The predicted octanol–water partition coefficient (Wildman–Crippen LogP) is 5.51. The van der Waals surface area contributed by atoms with Crippen molar-refractivity contribution in [3.8, 4) is 0 Å². The van der Waals surface area contributed by atoms with E-state index in [1.165, 1.54) is 0 Å². The van der Waals surface area contributed by atoms with E-state index in [1.54, 1.807) is 13.2 Å². The average molecular weight is 375 g/mol. The van der Waals surface area contributed by atoms with Crippen LogP contribution in [0, 0.1) is 0 Å². The summed E-state index contributed by atoms with van der Waals surface area (Å²) in [5.74, 6) is 0. The Balaban J connectivity index is 2.19. The van der Waals surface area contributed by atoms with Gasteiger partial charge in [-0.3, -0.25) is 0 Å². The van der Waals surface area contributed by atoms with Crippen molar-refractivity contribution in [2.24, 2.45) is 0 Å². The third-order valence-corrected chi connectivity index (χ3v) is 4.51. The summed E-state index contributed by atoms with van der Waals surface area (Å²) in [5, 5.41) is 4.53. The van der Waals surface area contributed by atoms with Gasteiger partial charge in [-0.2, -0.15) is 0 Å². The monoisotopic (exact) mass is 373 g/mol. The summed E-state index contributed by atoms with van der Waals surface area (Å²) in [6.07, 6.45) is 0. The van der Waals surface area contributed by atoms with Gasteiger partial charge in [-0.1, -0.05) is 57.3 Å². The zero-order chi connectivity index (χ0) is 14.5. The number of nitrogens with one attached hydrogen (secondary N) is 1. The number of hydrogen-bond donors (Lipinski definition) is 1. The quantitative estimate of drug-likeness (QED) is 0.744. The summed E-state index contributed by atoms with van der Waals surface area (Å²) in [4.78, 5) is 0. The molecule has 0 saturated heterocycles. The van der Waals surface area contributed by atoms with Gasteiger partial charge in [-0.15, -0.1) is 0 Å². The molecule has 2 aromatic rings. The van der Waals surface area contributed by atoms with E-state index in [9.17, 15) is 0 Å². The van der Waals surface area contributed by atoms with Crippen molar-refractivity contribution in [3.05, 3.63) is 62.0 Å². The third-order valence-electron chi connectivity index (χ3n) is 2.91. The highest BCUT2D eigenvalue weighted by Crippen LogP contribution is 2.29. The molecule has 0 aliphatic heterocycles. The summed E-state index contributed by atoms with van der Waals surface area (Å²) in [5.41, 5.74) is 3.05. The first-order valence-corrected chi connectivity index (χ1v) is 7.61. The molecule has 0 spiro atoms. The van der Waals surface area contributed by atoms with Crippen LogP contribution in [0.2, 0.25) is 10.0 Å². The second-order valence-corrected chi connectivity index (χ2v) is 5.90. The van der Waals surface area contributed by atoms with Crippen LogP contribution in [0.25, 0.3) is 0 Å². The van der Waals surface area contributed by atoms with Crippen LogP contribution in [0.1, 0.15) is 11.1 Å². The highest BCUT2D eigenvalue weighted by Gasteiger charge is 2.08. The first-order chi connectivity index (χ1) is 9.63. The van der Waals surface area contributed by atoms with Crippen molar-refractivity contribution in [2.45, 2.75) is 13.2 Å². The molecule has 20 heavy (non-hydrogen) atoms. The molecule has 0 atom stereocenters. The molecular formula is C15H14BrCl2NO. The van der Waals surface area contributed by atoms with Gasteiger partial charge in [-0.25, -0.2) is 0 Å². The van der Waals surface area contributed by atoms with Gasteiger partial charge in [-0.05, 0) is 23.8 Å². The first-order valence-electron chi connectivity index (χ1n) is 6.06. The Labute approximate surface area is 137 Å². The maximum atomic E-state index is 6.19. The lowest BCUT2D eigenvalue weighted by Gasteiger charge is -2.14. The Bertz CT molecular complexity index is 604. The van der Waals surface area contributed by atoms with Crippen molar-refractivity contribution in [1.82, 2.24) is 0 Å². The summed E-state index contributed by atoms with van der Waals surface area (Å²) in [6, 6.07) is 11.6. The fourth-order valence-electron chi connectivity index (χ4n) is 1.89. The number of anilines is 1. The van der Waals surface area contributed by atoms with Crippen LogP contribution >= 0.6 is 39.1 Å². The molecule has 0 radical (unpaired) electrons. The third kappa shape index (κ3) is 3.67. The van der Waals surface area contributed by atoms with Crippen LogP contribution in [-0.4, -0.2) is 7.11 Å². The van der Waals surface area contributed by atoms with Crippen molar-refractivity contribution in [1.29, 1.82) is 0 Å². The Morgan fingerprint density at radius 2 is 1.90 bits per heavy atom. The van der Waals surface area contributed by atoms with Gasteiger partial charge in [0.15, 0.2) is 0 Å². The molecule has 106 valence electrons. The number of hydrogen-bond acceptors (Lipinski definition) is 2. The van der Waals surface area contributed by atoms with E-state index < -0.39 is 0 Å². The van der Waals surface area contributed by atoms with Crippen molar-refractivity contribution in [3.63, 3.8) is 0 Å². The molecule has 0 heterocycles. The Morgan fingerprint density at radius 1 is 1.15 bits per heavy atom. The topological polar surface area (TPSA) is 21.3 Å². The molecule has 0 unspecified atom stereocenters. The highest BCUT2D eigenvalue weighted by molar-refractivity contribution is 9.10. The lowest BCUT2D eigenvalue weighted by atomic mass is 10.1. The van der Waals surface area contributed by atoms with Crippen LogP contribution in [0.5, 0.6) is 0 Å². The lowest BCUT2D eigenvalue weighted by Crippen LogP contribution is -2.04. The van der Waals surface area contributed by atoms with E-state index in [2.05, 4.69) is 21.2 Å². The molecule has 0 aliphatic carbocycles. The number of methoxy groups -OCH3 is 1. The van der Waals surface area contributed by atoms with Crippen molar-refractivity contribution < 1.29 is 4.74 Å². The van der Waals surface area contributed by atoms with Gasteiger partial charge >= 0.3 is 0 Å². The molecule has 0 aliphatic rings. The summed E-state index contributed by atoms with van der Waals surface area (Å²) >= 11 is 15.7. The zero-order valence-electron chi connectivity index (χ0n) is 10.9. The number of benzene rings is 2. The number of rotatable bonds is 5. The number of halogens is 3. The molecule has 2 nitrogen and oxygen atoms in total. The second-order valence-electron chi connectivity index (χ2n) is 4.27. The Hall–Kier alpha value is -0.740. The highest BCUT2D eigenvalue weighted by atomic mass is 79.9. The molecule has 2 rings (SSSR count). The Kier molecular flexibility index (Phi) is 5.73. The summed E-state index contributed by atoms with van der Waals surface area (Å²) in [7, 11) is 1.68. The zero-order valence-corrected chi connectivity index (χ0v) is 14.0. The molecule has 2 aromatic carbocycles. The largest absolute Gasteiger partial charge is 0.381 e. The van der Waals surface area contributed by atoms with Gasteiger partial charge in [0.1, 0.15) is 0 Å². The molecule has 0 aromatic heterocycles. The maximum absolute atomic E-state index is 6.19. The summed E-state index contributed by atoms with van der Waals surface area (Å²) < 4.78 is 6.24. The lowest BCUT2D eigenvalue weighted by molar-refractivity contribution is 0.185. The van der Waals surface area contributed by atoms with Gasteiger partial charge in [0.25, 0.3) is 0 Å². The van der Waals surface area contributed by atoms with Crippen molar-refractivity contribution in [2.75, 3.05) is 12.4 Å². The fraction of sp³-hybridized carbons (Fsp3) is 0.200. The van der Waals surface area contributed by atoms with Gasteiger partial charge < -0.3 is 10.1 Å². The first kappa shape index (κ1) is 15.6. The van der Waals surface area contributed by atoms with Crippen LogP contribution < -0.4 is 5.32 Å². The van der Waals surface area contributed by atoms with Crippen LogP contribution in [0.4, 0.5) is 5.69 Å². The van der Waals surface area contributed by atoms with E-state index in [1.807, 2.05) is 30.3 Å². The van der Waals surface area contributed by atoms with E-state index in [4.69, 9.17) is 27.9 Å². The SMILES string of the molecule is COCc1c(Br)cccc1NCc1cccc(Cl)c1Cl. The van der Waals surface area contributed by atoms with Gasteiger partial charge in [0, 0.05) is 29.4 Å². The molecule has 0 saturated carbocycles. The standard InChI is InChI=1S/C15H14BrCl2NO/c1-20-9-11-12(16)5-3-7-14(11)19-8-10-4-2-6-13(17)15(10)18/h2-7,19H,8-9H2,1H3. The van der Waals surface area contributed by atoms with Crippen LogP contribution in [0.3, 0.4) is 0 Å². The van der Waals surface area contributed by atoms with Crippen LogP contribution in [0.15, 0.2) is 40.9 Å². The molecule has 1 N–H and O–H groups in total. The molecule has 0 fully saturated rings. The minimum absolute atomic E-state index is 0.535. The minimum atomic E-state index is 0.535. The maximum Gasteiger partial charge on any atom is 0.0744 e. The predicted molar refractivity (Wildman–Crippen MR) is 88.6 cm³/mol. The smallest absolute Gasteiger partial charge is 0.0744 e. The summed E-state index contributed by atoms with van der Waals surface area (Å²) in [6.45, 7) is 1.14. The van der Waals surface area contributed by atoms with E-state index >= 15 is 0 Å². The number of ether oxygens (including phenoxy) is 1. The molecular weight excluding hydrogens is 361 g/mol.